The number of carbonyl (C=O) groups is 2. The van der Waals surface area contributed by atoms with E-state index in [9.17, 15) is 14.9 Å². The van der Waals surface area contributed by atoms with Gasteiger partial charge < -0.3 is 24.8 Å². The van der Waals surface area contributed by atoms with Crippen LogP contribution in [0.5, 0.6) is 0 Å². The van der Waals surface area contributed by atoms with Crippen molar-refractivity contribution in [3.05, 3.63) is 112 Å². The second kappa shape index (κ2) is 13.0. The van der Waals surface area contributed by atoms with E-state index in [0.29, 0.717) is 35.3 Å². The number of hydrogen-bond acceptors (Lipinski definition) is 8. The molecule has 11 heteroatoms. The number of aromatic nitrogens is 3. The number of nitriles is 1. The topological polar surface area (TPSA) is 127 Å². The number of nitrogens with zero attached hydrogens (tertiary/aromatic N) is 5. The lowest BCUT2D eigenvalue weighted by atomic mass is 9.73. The monoisotopic (exact) mass is 719 g/mol. The largest absolute Gasteiger partial charge is 0.381 e. The van der Waals surface area contributed by atoms with Crippen molar-refractivity contribution in [2.75, 3.05) is 48.0 Å². The van der Waals surface area contributed by atoms with Gasteiger partial charge in [0.1, 0.15) is 17.7 Å². The Hall–Kier alpha value is -5.83. The van der Waals surface area contributed by atoms with Crippen molar-refractivity contribution < 1.29 is 14.3 Å². The average Bonchev–Trinajstić information content (AvgIpc) is 3.77. The SMILES string of the molecule is Cc1cc(C(=O)Nc2ccc(C(=O)N3CCc4cc(-c5nc6cccc(C#N)c6[nH]5)sc4-c4ccccc43)cc2)c(N2CC3(CCOCC3)C2)nc1C. The molecule has 3 aliphatic heterocycles. The molecule has 2 saturated heterocycles. The molecule has 53 heavy (non-hydrogen) atoms. The highest BCUT2D eigenvalue weighted by Gasteiger charge is 2.45. The number of ether oxygens (including phenoxy) is 1. The minimum atomic E-state index is -0.220. The summed E-state index contributed by atoms with van der Waals surface area (Å²) in [5.41, 5.74) is 8.87. The van der Waals surface area contributed by atoms with Crippen molar-refractivity contribution in [2.45, 2.75) is 33.1 Å². The van der Waals surface area contributed by atoms with Crippen LogP contribution in [-0.4, -0.2) is 59.6 Å². The third-order valence-electron chi connectivity index (χ3n) is 11.0. The number of benzene rings is 3. The highest BCUT2D eigenvalue weighted by atomic mass is 32.1. The summed E-state index contributed by atoms with van der Waals surface area (Å²) >= 11 is 1.64. The van der Waals surface area contributed by atoms with Crippen LogP contribution in [0.15, 0.2) is 78.9 Å². The number of amides is 2. The number of aromatic amines is 1. The number of thiophene rings is 1. The lowest BCUT2D eigenvalue weighted by Gasteiger charge is -2.53. The van der Waals surface area contributed by atoms with E-state index >= 15 is 0 Å². The summed E-state index contributed by atoms with van der Waals surface area (Å²) in [6, 6.07) is 27.0. The van der Waals surface area contributed by atoms with Crippen LogP contribution in [0.4, 0.5) is 17.2 Å². The first-order valence-corrected chi connectivity index (χ1v) is 18.8. The molecule has 264 valence electrons. The molecule has 6 aromatic rings. The number of fused-ring (bicyclic) bond motifs is 4. The van der Waals surface area contributed by atoms with Crippen LogP contribution in [-0.2, 0) is 11.2 Å². The lowest BCUT2D eigenvalue weighted by Crippen LogP contribution is -2.59. The maximum absolute atomic E-state index is 14.1. The van der Waals surface area contributed by atoms with Crippen molar-refractivity contribution in [3.8, 4) is 27.2 Å². The van der Waals surface area contributed by atoms with E-state index in [0.717, 1.165) is 99.6 Å². The van der Waals surface area contributed by atoms with E-state index in [1.54, 1.807) is 41.7 Å². The molecule has 3 aromatic carbocycles. The molecule has 2 fully saturated rings. The second-order valence-corrected chi connectivity index (χ2v) is 15.4. The summed E-state index contributed by atoms with van der Waals surface area (Å²) in [4.78, 5) is 47.0. The Morgan fingerprint density at radius 1 is 0.981 bits per heavy atom. The molecule has 0 radical (unpaired) electrons. The summed E-state index contributed by atoms with van der Waals surface area (Å²) in [5, 5.41) is 12.6. The predicted molar refractivity (Wildman–Crippen MR) is 208 cm³/mol. The van der Waals surface area contributed by atoms with E-state index in [1.165, 1.54) is 0 Å². The van der Waals surface area contributed by atoms with Crippen molar-refractivity contribution in [1.82, 2.24) is 15.0 Å². The minimum absolute atomic E-state index is 0.104. The first-order chi connectivity index (χ1) is 25.8. The summed E-state index contributed by atoms with van der Waals surface area (Å²) < 4.78 is 5.59. The lowest BCUT2D eigenvalue weighted by molar-refractivity contribution is -0.000519. The van der Waals surface area contributed by atoms with Gasteiger partial charge in [0.25, 0.3) is 11.8 Å². The Balaban J connectivity index is 0.936. The van der Waals surface area contributed by atoms with E-state index < -0.39 is 0 Å². The number of carbonyl (C=O) groups excluding carboxylic acids is 2. The number of H-pyrrole nitrogens is 1. The van der Waals surface area contributed by atoms with Crippen molar-refractivity contribution in [3.63, 3.8) is 0 Å². The van der Waals surface area contributed by atoms with Gasteiger partial charge in [-0.1, -0.05) is 24.3 Å². The maximum Gasteiger partial charge on any atom is 0.259 e. The van der Waals surface area contributed by atoms with Gasteiger partial charge in [-0.05, 0) is 98.8 Å². The molecule has 9 rings (SSSR count). The van der Waals surface area contributed by atoms with E-state index in [1.807, 2.05) is 55.1 Å². The maximum atomic E-state index is 14.1. The Bertz CT molecular complexity index is 2460. The van der Waals surface area contributed by atoms with Crippen LogP contribution in [0.2, 0.25) is 0 Å². The van der Waals surface area contributed by atoms with Gasteiger partial charge in [0.05, 0.1) is 32.7 Å². The fourth-order valence-electron chi connectivity index (χ4n) is 7.85. The number of para-hydroxylation sites is 2. The number of pyridine rings is 1. The van der Waals surface area contributed by atoms with Gasteiger partial charge in [0.2, 0.25) is 0 Å². The summed E-state index contributed by atoms with van der Waals surface area (Å²) in [7, 11) is 0. The predicted octanol–water partition coefficient (Wildman–Crippen LogP) is 7.91. The fraction of sp³-hybridized carbons (Fsp3) is 0.262. The smallest absolute Gasteiger partial charge is 0.259 e. The van der Waals surface area contributed by atoms with Gasteiger partial charge in [-0.15, -0.1) is 11.3 Å². The number of rotatable bonds is 5. The molecule has 2 N–H and O–H groups in total. The van der Waals surface area contributed by atoms with Crippen LogP contribution < -0.4 is 15.1 Å². The first-order valence-electron chi connectivity index (χ1n) is 17.9. The van der Waals surface area contributed by atoms with E-state index in [-0.39, 0.29) is 17.2 Å². The van der Waals surface area contributed by atoms with Crippen molar-refractivity contribution in [1.29, 1.82) is 5.26 Å². The first kappa shape index (κ1) is 33.0. The zero-order chi connectivity index (χ0) is 36.3. The molecule has 0 aliphatic carbocycles. The third-order valence-corrected chi connectivity index (χ3v) is 12.2. The molecule has 0 saturated carbocycles. The van der Waals surface area contributed by atoms with Crippen molar-refractivity contribution in [2.24, 2.45) is 5.41 Å². The molecule has 1 spiro atoms. The fourth-order valence-corrected chi connectivity index (χ4v) is 9.04. The second-order valence-electron chi connectivity index (χ2n) is 14.3. The van der Waals surface area contributed by atoms with Gasteiger partial charge in [-0.25, -0.2) is 9.97 Å². The standard InChI is InChI=1S/C42H37N7O3S/c1-25-20-32(39(44-26(25)2)48-23-42(24-48)15-18-52-19-16-42)40(50)45-30-12-10-27(11-13-30)41(51)49-17-14-28-21-35(53-37(28)31-7-3-4-9-34(31)49)38-46-33-8-5-6-29(22-43)36(33)47-38/h3-13,20-21H,14-19,23-24H2,1-2H3,(H,45,50)(H,46,47). The van der Waals surface area contributed by atoms with Crippen LogP contribution in [0.1, 0.15) is 55.9 Å². The van der Waals surface area contributed by atoms with Crippen LogP contribution in [0.25, 0.3) is 32.2 Å². The molecule has 3 aromatic heterocycles. The number of aryl methyl sites for hydroxylation is 2. The van der Waals surface area contributed by atoms with Gasteiger partial charge in [0.15, 0.2) is 0 Å². The number of anilines is 3. The molecule has 0 bridgehead atoms. The van der Waals surface area contributed by atoms with E-state index in [4.69, 9.17) is 14.7 Å². The minimum Gasteiger partial charge on any atom is -0.381 e. The quantitative estimate of drug-likeness (QED) is 0.185. The molecule has 6 heterocycles. The highest BCUT2D eigenvalue weighted by molar-refractivity contribution is 7.19. The van der Waals surface area contributed by atoms with Gasteiger partial charge >= 0.3 is 0 Å². The van der Waals surface area contributed by atoms with Crippen LogP contribution >= 0.6 is 11.3 Å². The summed E-state index contributed by atoms with van der Waals surface area (Å²) in [5.74, 6) is 1.13. The van der Waals surface area contributed by atoms with E-state index in [2.05, 4.69) is 33.4 Å². The zero-order valence-corrected chi connectivity index (χ0v) is 30.3. The van der Waals surface area contributed by atoms with Gasteiger partial charge in [-0.3, -0.25) is 9.59 Å². The molecule has 3 aliphatic rings. The third kappa shape index (κ3) is 5.84. The Kier molecular flexibility index (Phi) is 8.09. The van der Waals surface area contributed by atoms with Crippen molar-refractivity contribution >= 4 is 51.4 Å². The normalized spacial score (nSPS) is 16.0. The Morgan fingerprint density at radius 2 is 1.77 bits per heavy atom. The molecular formula is C42H37N7O3S. The van der Waals surface area contributed by atoms with Gasteiger partial charge in [-0.2, -0.15) is 5.26 Å². The zero-order valence-electron chi connectivity index (χ0n) is 29.5. The van der Waals surface area contributed by atoms with Gasteiger partial charge in [0, 0.05) is 65.6 Å². The number of imidazole rings is 1. The molecular weight excluding hydrogens is 683 g/mol. The highest BCUT2D eigenvalue weighted by Crippen LogP contribution is 2.45. The molecule has 0 unspecified atom stereocenters. The summed E-state index contributed by atoms with van der Waals surface area (Å²) in [6.07, 6.45) is 2.74. The molecule has 10 nitrogen and oxygen atoms in total. The summed E-state index contributed by atoms with van der Waals surface area (Å²) in [6.45, 7) is 7.79. The number of nitrogens with one attached hydrogen (secondary N) is 2. The number of hydrogen-bond donors (Lipinski definition) is 2. The average molecular weight is 720 g/mol. The van der Waals surface area contributed by atoms with Crippen LogP contribution in [0, 0.1) is 30.6 Å². The molecule has 0 atom stereocenters. The Morgan fingerprint density at radius 3 is 2.57 bits per heavy atom. The van der Waals surface area contributed by atoms with Crippen LogP contribution in [0.3, 0.4) is 0 Å². The Labute approximate surface area is 311 Å². The molecule has 2 amide bonds.